The lowest BCUT2D eigenvalue weighted by Gasteiger charge is -2.14. The van der Waals surface area contributed by atoms with Gasteiger partial charge in [0, 0.05) is 6.21 Å². The molecule has 0 aromatic heterocycles. The van der Waals surface area contributed by atoms with E-state index in [0.717, 1.165) is 21.6 Å². The van der Waals surface area contributed by atoms with E-state index in [1.165, 1.54) is 0 Å². The molecule has 0 spiro atoms. The van der Waals surface area contributed by atoms with Gasteiger partial charge in [0.25, 0.3) is 0 Å². The number of hydrogen-bond donors (Lipinski definition) is 1. The third-order valence-corrected chi connectivity index (χ3v) is 3.13. The molecule has 0 atom stereocenters. The standard InChI is InChI=1S/C15H16N4O5/c1-3-24-14(22)17-16-8-9-18-12(20)13(21)19(15(18)23)11-6-4-10(2)5-7-11/h4-8H,3,9H2,1-2H3,(H,17,22)/b16-8+. The lowest BCUT2D eigenvalue weighted by atomic mass is 10.2. The zero-order valence-electron chi connectivity index (χ0n) is 13.2. The van der Waals surface area contributed by atoms with Crippen molar-refractivity contribution in [2.45, 2.75) is 13.8 Å². The van der Waals surface area contributed by atoms with Gasteiger partial charge >= 0.3 is 23.9 Å². The Morgan fingerprint density at radius 3 is 2.50 bits per heavy atom. The van der Waals surface area contributed by atoms with Crippen LogP contribution in [0.3, 0.4) is 0 Å². The van der Waals surface area contributed by atoms with Gasteiger partial charge in [0.05, 0.1) is 18.8 Å². The molecule has 2 rings (SSSR count). The van der Waals surface area contributed by atoms with Crippen LogP contribution in [0, 0.1) is 6.92 Å². The number of benzene rings is 1. The highest BCUT2D eigenvalue weighted by Gasteiger charge is 2.44. The summed E-state index contributed by atoms with van der Waals surface area (Å²) in [5.41, 5.74) is 3.33. The van der Waals surface area contributed by atoms with Crippen LogP contribution < -0.4 is 10.3 Å². The number of imide groups is 2. The van der Waals surface area contributed by atoms with Crippen molar-refractivity contribution in [2.24, 2.45) is 5.10 Å². The third kappa shape index (κ3) is 3.57. The van der Waals surface area contributed by atoms with Crippen molar-refractivity contribution in [3.8, 4) is 0 Å². The van der Waals surface area contributed by atoms with E-state index in [9.17, 15) is 19.2 Å². The molecule has 5 amide bonds. The molecule has 0 aliphatic carbocycles. The van der Waals surface area contributed by atoms with Gasteiger partial charge in [-0.05, 0) is 26.0 Å². The number of carbonyl (C=O) groups excluding carboxylic acids is 4. The number of aryl methyl sites for hydroxylation is 1. The smallest absolute Gasteiger partial charge is 0.427 e. The van der Waals surface area contributed by atoms with Crippen LogP contribution in [0.25, 0.3) is 0 Å². The van der Waals surface area contributed by atoms with Crippen molar-refractivity contribution >= 4 is 35.8 Å². The molecule has 0 radical (unpaired) electrons. The SMILES string of the molecule is CCOC(=O)N/N=C/CN1C(=O)C(=O)N(c2ccc(C)cc2)C1=O. The number of hydrazone groups is 1. The van der Waals surface area contributed by atoms with Crippen molar-refractivity contribution < 1.29 is 23.9 Å². The van der Waals surface area contributed by atoms with Gasteiger partial charge in [0.2, 0.25) is 0 Å². The quantitative estimate of drug-likeness (QED) is 0.375. The monoisotopic (exact) mass is 332 g/mol. The second-order valence-electron chi connectivity index (χ2n) is 4.82. The number of carbonyl (C=O) groups is 4. The van der Waals surface area contributed by atoms with Crippen molar-refractivity contribution in [2.75, 3.05) is 18.1 Å². The second-order valence-corrected chi connectivity index (χ2v) is 4.82. The van der Waals surface area contributed by atoms with Crippen molar-refractivity contribution in [1.82, 2.24) is 10.3 Å². The summed E-state index contributed by atoms with van der Waals surface area (Å²) < 4.78 is 4.58. The van der Waals surface area contributed by atoms with Crippen LogP contribution in [0.15, 0.2) is 29.4 Å². The summed E-state index contributed by atoms with van der Waals surface area (Å²) in [7, 11) is 0. The largest absolute Gasteiger partial charge is 0.449 e. The molecule has 1 fully saturated rings. The van der Waals surface area contributed by atoms with Gasteiger partial charge in [-0.15, -0.1) is 0 Å². The molecule has 24 heavy (non-hydrogen) atoms. The fourth-order valence-corrected chi connectivity index (χ4v) is 1.97. The average molecular weight is 332 g/mol. The molecule has 9 heteroatoms. The minimum absolute atomic E-state index is 0.185. The maximum atomic E-state index is 12.3. The molecule has 9 nitrogen and oxygen atoms in total. The Balaban J connectivity index is 2.05. The normalized spacial score (nSPS) is 14.7. The van der Waals surface area contributed by atoms with E-state index < -0.39 is 23.9 Å². The van der Waals surface area contributed by atoms with E-state index in [2.05, 4.69) is 15.3 Å². The van der Waals surface area contributed by atoms with Crippen LogP contribution in [-0.4, -0.2) is 48.2 Å². The molecule has 1 aliphatic rings. The maximum Gasteiger partial charge on any atom is 0.427 e. The van der Waals surface area contributed by atoms with Crippen LogP contribution in [0.5, 0.6) is 0 Å². The summed E-state index contributed by atoms with van der Waals surface area (Å²) in [6.07, 6.45) is 0.365. The minimum atomic E-state index is -0.955. The first-order valence-corrected chi connectivity index (χ1v) is 7.16. The summed E-state index contributed by atoms with van der Waals surface area (Å²) in [6, 6.07) is 5.86. The van der Waals surface area contributed by atoms with Gasteiger partial charge in [-0.25, -0.2) is 24.8 Å². The van der Waals surface area contributed by atoms with Crippen molar-refractivity contribution in [3.63, 3.8) is 0 Å². The number of nitrogens with one attached hydrogen (secondary N) is 1. The highest BCUT2D eigenvalue weighted by atomic mass is 16.5. The van der Waals surface area contributed by atoms with E-state index in [4.69, 9.17) is 0 Å². The van der Waals surface area contributed by atoms with Gasteiger partial charge in [-0.3, -0.25) is 9.59 Å². The van der Waals surface area contributed by atoms with Crippen LogP contribution >= 0.6 is 0 Å². The summed E-state index contributed by atoms with van der Waals surface area (Å²) in [5, 5.41) is 3.53. The van der Waals surface area contributed by atoms with Crippen molar-refractivity contribution in [3.05, 3.63) is 29.8 Å². The number of ether oxygens (including phenoxy) is 1. The van der Waals surface area contributed by atoms with E-state index in [-0.39, 0.29) is 13.2 Å². The number of anilines is 1. The molecule has 1 aliphatic heterocycles. The molecule has 1 N–H and O–H groups in total. The summed E-state index contributed by atoms with van der Waals surface area (Å²) in [4.78, 5) is 48.8. The lowest BCUT2D eigenvalue weighted by Crippen LogP contribution is -2.34. The van der Waals surface area contributed by atoms with Crippen LogP contribution in [0.2, 0.25) is 0 Å². The predicted octanol–water partition coefficient (Wildman–Crippen LogP) is 1.02. The van der Waals surface area contributed by atoms with Gasteiger partial charge in [0.15, 0.2) is 0 Å². The third-order valence-electron chi connectivity index (χ3n) is 3.13. The minimum Gasteiger partial charge on any atom is -0.449 e. The molecular formula is C15H16N4O5. The van der Waals surface area contributed by atoms with Crippen LogP contribution in [-0.2, 0) is 14.3 Å². The highest BCUT2D eigenvalue weighted by molar-refractivity contribution is 6.53. The first kappa shape index (κ1) is 17.1. The second kappa shape index (κ2) is 7.36. The molecule has 0 unspecified atom stereocenters. The molecule has 0 saturated carbocycles. The average Bonchev–Trinajstić information content (AvgIpc) is 2.76. The fourth-order valence-electron chi connectivity index (χ4n) is 1.97. The zero-order valence-corrected chi connectivity index (χ0v) is 13.2. The number of urea groups is 1. The van der Waals surface area contributed by atoms with Crippen LogP contribution in [0.4, 0.5) is 15.3 Å². The predicted molar refractivity (Wildman–Crippen MR) is 84.4 cm³/mol. The Morgan fingerprint density at radius 1 is 1.21 bits per heavy atom. The van der Waals surface area contributed by atoms with E-state index in [0.29, 0.717) is 5.69 Å². The van der Waals surface area contributed by atoms with Gasteiger partial charge in [-0.1, -0.05) is 17.7 Å². The molecule has 1 aromatic carbocycles. The first-order chi connectivity index (χ1) is 11.5. The topological polar surface area (TPSA) is 108 Å². The van der Waals surface area contributed by atoms with Crippen LogP contribution in [0.1, 0.15) is 12.5 Å². The van der Waals surface area contributed by atoms with Crippen molar-refractivity contribution in [1.29, 1.82) is 0 Å². The van der Waals surface area contributed by atoms with E-state index in [1.54, 1.807) is 31.2 Å². The Morgan fingerprint density at radius 2 is 1.88 bits per heavy atom. The molecular weight excluding hydrogens is 316 g/mol. The molecule has 1 heterocycles. The Kier molecular flexibility index (Phi) is 5.25. The van der Waals surface area contributed by atoms with E-state index >= 15 is 0 Å². The first-order valence-electron chi connectivity index (χ1n) is 7.16. The number of amides is 5. The molecule has 1 aromatic rings. The zero-order chi connectivity index (χ0) is 17.7. The summed E-state index contributed by atoms with van der Waals surface area (Å²) in [6.45, 7) is 3.43. The summed E-state index contributed by atoms with van der Waals surface area (Å²) in [5.74, 6) is -1.89. The molecule has 1 saturated heterocycles. The van der Waals surface area contributed by atoms with Gasteiger partial charge in [-0.2, -0.15) is 5.10 Å². The summed E-state index contributed by atoms with van der Waals surface area (Å²) >= 11 is 0. The Bertz CT molecular complexity index is 698. The van der Waals surface area contributed by atoms with Gasteiger partial charge < -0.3 is 4.74 Å². The molecule has 126 valence electrons. The number of rotatable bonds is 5. The lowest BCUT2D eigenvalue weighted by molar-refractivity contribution is -0.139. The Labute approximate surface area is 137 Å². The molecule has 0 bridgehead atoms. The highest BCUT2D eigenvalue weighted by Crippen LogP contribution is 2.22. The number of nitrogens with zero attached hydrogens (tertiary/aromatic N) is 3. The maximum absolute atomic E-state index is 12.3. The Hall–Kier alpha value is -3.23. The number of hydrogen-bond acceptors (Lipinski definition) is 6. The van der Waals surface area contributed by atoms with E-state index in [1.807, 2.05) is 6.92 Å². The van der Waals surface area contributed by atoms with Gasteiger partial charge in [0.1, 0.15) is 0 Å². The fraction of sp³-hybridized carbons (Fsp3) is 0.267.